The van der Waals surface area contributed by atoms with Gasteiger partial charge in [-0.2, -0.15) is 0 Å². The Morgan fingerprint density at radius 2 is 2.12 bits per heavy atom. The first-order valence-electron chi connectivity index (χ1n) is 5.89. The average molecular weight is 222 g/mol. The van der Waals surface area contributed by atoms with Crippen molar-refractivity contribution in [3.8, 4) is 0 Å². The summed E-state index contributed by atoms with van der Waals surface area (Å²) in [5, 5.41) is 9.90. The molecule has 2 unspecified atom stereocenters. The average Bonchev–Trinajstić information content (AvgIpc) is 2.69. The maximum Gasteiger partial charge on any atom is 0.132 e. The van der Waals surface area contributed by atoms with Gasteiger partial charge >= 0.3 is 0 Å². The number of furan rings is 1. The Morgan fingerprint density at radius 3 is 2.56 bits per heavy atom. The molecular weight excluding hydrogens is 200 g/mol. The van der Waals surface area contributed by atoms with E-state index in [-0.39, 0.29) is 0 Å². The van der Waals surface area contributed by atoms with Gasteiger partial charge in [0.1, 0.15) is 11.9 Å². The lowest BCUT2D eigenvalue weighted by Crippen LogP contribution is -2.11. The van der Waals surface area contributed by atoms with E-state index in [1.807, 2.05) is 6.07 Å². The van der Waals surface area contributed by atoms with Crippen LogP contribution in [0.1, 0.15) is 45.5 Å². The van der Waals surface area contributed by atoms with Crippen LogP contribution in [0.15, 0.2) is 35.0 Å². The summed E-state index contributed by atoms with van der Waals surface area (Å²) in [4.78, 5) is 0. The van der Waals surface area contributed by atoms with Gasteiger partial charge in [0.25, 0.3) is 0 Å². The lowest BCUT2D eigenvalue weighted by Gasteiger charge is -2.22. The van der Waals surface area contributed by atoms with Crippen LogP contribution < -0.4 is 0 Å². The highest BCUT2D eigenvalue weighted by atomic mass is 16.4. The van der Waals surface area contributed by atoms with Gasteiger partial charge in [-0.25, -0.2) is 0 Å². The van der Waals surface area contributed by atoms with Crippen molar-refractivity contribution >= 4 is 0 Å². The minimum atomic E-state index is -0.490. The Balaban J connectivity index is 2.46. The molecule has 0 amide bonds. The van der Waals surface area contributed by atoms with Crippen molar-refractivity contribution < 1.29 is 9.52 Å². The SMILES string of the molecule is C=C(C)C(CCC(O)c1ccco1)C(C)C. The van der Waals surface area contributed by atoms with Crippen molar-refractivity contribution in [3.63, 3.8) is 0 Å². The van der Waals surface area contributed by atoms with Gasteiger partial charge in [-0.1, -0.05) is 26.0 Å². The highest BCUT2D eigenvalue weighted by Gasteiger charge is 2.17. The third-order valence-corrected chi connectivity index (χ3v) is 3.06. The van der Waals surface area contributed by atoms with Gasteiger partial charge in [0.15, 0.2) is 0 Å². The summed E-state index contributed by atoms with van der Waals surface area (Å²) in [5.41, 5.74) is 1.20. The zero-order valence-corrected chi connectivity index (χ0v) is 10.4. The van der Waals surface area contributed by atoms with E-state index in [0.29, 0.717) is 17.6 Å². The Kier molecular flexibility index (Phi) is 4.81. The van der Waals surface area contributed by atoms with Crippen LogP contribution in [0.5, 0.6) is 0 Å². The van der Waals surface area contributed by atoms with E-state index in [1.54, 1.807) is 12.3 Å². The Morgan fingerprint density at radius 1 is 1.44 bits per heavy atom. The van der Waals surface area contributed by atoms with Gasteiger partial charge in [0, 0.05) is 0 Å². The predicted molar refractivity (Wildman–Crippen MR) is 66.0 cm³/mol. The number of hydrogen-bond donors (Lipinski definition) is 1. The van der Waals surface area contributed by atoms with Crippen LogP contribution in [-0.2, 0) is 0 Å². The summed E-state index contributed by atoms with van der Waals surface area (Å²) in [6.45, 7) is 10.5. The third-order valence-electron chi connectivity index (χ3n) is 3.06. The number of rotatable bonds is 6. The van der Waals surface area contributed by atoms with E-state index in [1.165, 1.54) is 5.57 Å². The van der Waals surface area contributed by atoms with Gasteiger partial charge in [-0.3, -0.25) is 0 Å². The van der Waals surface area contributed by atoms with E-state index >= 15 is 0 Å². The third kappa shape index (κ3) is 3.53. The number of aliphatic hydroxyl groups is 1. The van der Waals surface area contributed by atoms with E-state index in [2.05, 4.69) is 27.4 Å². The second kappa shape index (κ2) is 5.90. The second-order valence-corrected chi connectivity index (χ2v) is 4.81. The molecule has 0 aliphatic rings. The molecule has 16 heavy (non-hydrogen) atoms. The Hall–Kier alpha value is -1.02. The maximum atomic E-state index is 9.90. The minimum Gasteiger partial charge on any atom is -0.467 e. The lowest BCUT2D eigenvalue weighted by atomic mass is 9.85. The first kappa shape index (κ1) is 13.0. The van der Waals surface area contributed by atoms with Crippen LogP contribution >= 0.6 is 0 Å². The van der Waals surface area contributed by atoms with Crippen LogP contribution in [0.2, 0.25) is 0 Å². The molecule has 1 aromatic rings. The normalized spacial score (nSPS) is 15.1. The molecule has 0 aliphatic carbocycles. The van der Waals surface area contributed by atoms with Crippen molar-refractivity contribution in [2.45, 2.75) is 39.7 Å². The summed E-state index contributed by atoms with van der Waals surface area (Å²) in [6.07, 6.45) is 2.78. The fourth-order valence-corrected chi connectivity index (χ4v) is 2.11. The summed E-state index contributed by atoms with van der Waals surface area (Å²) in [7, 11) is 0. The monoisotopic (exact) mass is 222 g/mol. The molecule has 1 heterocycles. The van der Waals surface area contributed by atoms with Crippen molar-refractivity contribution in [1.82, 2.24) is 0 Å². The van der Waals surface area contributed by atoms with E-state index < -0.39 is 6.10 Å². The van der Waals surface area contributed by atoms with E-state index in [4.69, 9.17) is 4.42 Å². The smallest absolute Gasteiger partial charge is 0.132 e. The zero-order chi connectivity index (χ0) is 12.1. The lowest BCUT2D eigenvalue weighted by molar-refractivity contribution is 0.130. The van der Waals surface area contributed by atoms with Crippen molar-refractivity contribution in [3.05, 3.63) is 36.3 Å². The molecule has 2 nitrogen and oxygen atoms in total. The molecule has 1 N–H and O–H groups in total. The standard InChI is InChI=1S/C14H22O2/c1-10(2)12(11(3)4)7-8-13(15)14-6-5-9-16-14/h5-6,9,11-13,15H,1,7-8H2,2-4H3. The molecule has 0 aliphatic heterocycles. The van der Waals surface area contributed by atoms with Gasteiger partial charge in [-0.15, -0.1) is 0 Å². The van der Waals surface area contributed by atoms with Crippen molar-refractivity contribution in [1.29, 1.82) is 0 Å². The highest BCUT2D eigenvalue weighted by molar-refractivity contribution is 5.03. The number of allylic oxidation sites excluding steroid dienone is 1. The zero-order valence-electron chi connectivity index (χ0n) is 10.4. The van der Waals surface area contributed by atoms with Crippen LogP contribution in [0.4, 0.5) is 0 Å². The van der Waals surface area contributed by atoms with Crippen LogP contribution in [0, 0.1) is 11.8 Å². The molecule has 2 atom stereocenters. The number of aliphatic hydroxyl groups excluding tert-OH is 1. The fourth-order valence-electron chi connectivity index (χ4n) is 2.11. The molecule has 1 aromatic heterocycles. The molecule has 1 rings (SSSR count). The predicted octanol–water partition coefficient (Wildman–Crippen LogP) is 3.94. The first-order valence-corrected chi connectivity index (χ1v) is 5.89. The van der Waals surface area contributed by atoms with E-state index in [0.717, 1.165) is 12.8 Å². The van der Waals surface area contributed by atoms with Gasteiger partial charge in [0.2, 0.25) is 0 Å². The molecule has 90 valence electrons. The topological polar surface area (TPSA) is 33.4 Å². The Bertz CT molecular complexity index is 311. The molecule has 0 radical (unpaired) electrons. The van der Waals surface area contributed by atoms with Gasteiger partial charge in [-0.05, 0) is 43.7 Å². The minimum absolute atomic E-state index is 0.476. The Labute approximate surface area is 98.0 Å². The molecule has 0 saturated carbocycles. The second-order valence-electron chi connectivity index (χ2n) is 4.81. The van der Waals surface area contributed by atoms with Crippen molar-refractivity contribution in [2.24, 2.45) is 11.8 Å². The molecule has 2 heteroatoms. The molecular formula is C14H22O2. The maximum absolute atomic E-state index is 9.90. The van der Waals surface area contributed by atoms with Gasteiger partial charge in [0.05, 0.1) is 6.26 Å². The summed E-state index contributed by atoms with van der Waals surface area (Å²) in [6, 6.07) is 3.62. The quantitative estimate of drug-likeness (QED) is 0.739. The van der Waals surface area contributed by atoms with Crippen LogP contribution in [-0.4, -0.2) is 5.11 Å². The van der Waals surface area contributed by atoms with Gasteiger partial charge < -0.3 is 9.52 Å². The molecule has 0 aromatic carbocycles. The molecule has 0 saturated heterocycles. The highest BCUT2D eigenvalue weighted by Crippen LogP contribution is 2.28. The first-order chi connectivity index (χ1) is 7.52. The van der Waals surface area contributed by atoms with E-state index in [9.17, 15) is 5.11 Å². The summed E-state index contributed by atoms with van der Waals surface area (Å²) < 4.78 is 5.18. The van der Waals surface area contributed by atoms with Crippen LogP contribution in [0.25, 0.3) is 0 Å². The van der Waals surface area contributed by atoms with Crippen molar-refractivity contribution in [2.75, 3.05) is 0 Å². The number of hydrogen-bond acceptors (Lipinski definition) is 2. The molecule has 0 bridgehead atoms. The fraction of sp³-hybridized carbons (Fsp3) is 0.571. The molecule has 0 fully saturated rings. The summed E-state index contributed by atoms with van der Waals surface area (Å²) >= 11 is 0. The van der Waals surface area contributed by atoms with Crippen LogP contribution in [0.3, 0.4) is 0 Å². The summed E-state index contributed by atoms with van der Waals surface area (Å²) in [5.74, 6) is 1.70. The molecule has 0 spiro atoms. The largest absolute Gasteiger partial charge is 0.467 e.